The molecule has 0 spiro atoms. The molecule has 8 heteroatoms. The molecule has 2 aliphatic heterocycles. The highest BCUT2D eigenvalue weighted by atomic mass is 32.2. The van der Waals surface area contributed by atoms with Gasteiger partial charge in [0.1, 0.15) is 6.04 Å². The van der Waals surface area contributed by atoms with Crippen molar-refractivity contribution >= 4 is 21.8 Å². The van der Waals surface area contributed by atoms with Crippen LogP contribution in [0.3, 0.4) is 0 Å². The Hall–Kier alpha value is -1.93. The van der Waals surface area contributed by atoms with E-state index in [1.165, 1.54) is 4.31 Å². The summed E-state index contributed by atoms with van der Waals surface area (Å²) < 4.78 is 28.6. The summed E-state index contributed by atoms with van der Waals surface area (Å²) in [6.07, 6.45) is 1.50. The van der Waals surface area contributed by atoms with Crippen LogP contribution >= 0.6 is 0 Å². The van der Waals surface area contributed by atoms with E-state index in [9.17, 15) is 18.0 Å². The first-order valence-electron chi connectivity index (χ1n) is 11.6. The van der Waals surface area contributed by atoms with Crippen LogP contribution < -0.4 is 0 Å². The summed E-state index contributed by atoms with van der Waals surface area (Å²) in [6.45, 7) is 15.3. The highest BCUT2D eigenvalue weighted by Gasteiger charge is 2.39. The number of sulfonamides is 1. The first kappa shape index (κ1) is 24.7. The van der Waals surface area contributed by atoms with Crippen molar-refractivity contribution in [3.05, 3.63) is 27.8 Å². The van der Waals surface area contributed by atoms with Crippen LogP contribution in [-0.4, -0.2) is 73.1 Å². The van der Waals surface area contributed by atoms with Gasteiger partial charge in [-0.25, -0.2) is 8.42 Å². The van der Waals surface area contributed by atoms with Crippen LogP contribution in [0, 0.1) is 40.5 Å². The van der Waals surface area contributed by atoms with Crippen LogP contribution in [0.4, 0.5) is 0 Å². The third-order valence-electron chi connectivity index (χ3n) is 7.39. The summed E-state index contributed by atoms with van der Waals surface area (Å²) in [7, 11) is -3.66. The zero-order valence-electron chi connectivity index (χ0n) is 20.5. The molecule has 1 unspecified atom stereocenters. The molecule has 2 fully saturated rings. The summed E-state index contributed by atoms with van der Waals surface area (Å²) in [4.78, 5) is 29.5. The quantitative estimate of drug-likeness (QED) is 0.688. The average molecular weight is 464 g/mol. The number of benzene rings is 1. The molecular weight excluding hydrogens is 426 g/mol. The van der Waals surface area contributed by atoms with Gasteiger partial charge in [-0.1, -0.05) is 13.8 Å². The number of piperazine rings is 1. The summed E-state index contributed by atoms with van der Waals surface area (Å²) in [5.41, 5.74) is 4.76. The zero-order valence-corrected chi connectivity index (χ0v) is 21.3. The third-order valence-corrected chi connectivity index (χ3v) is 9.57. The van der Waals surface area contributed by atoms with E-state index in [0.717, 1.165) is 34.2 Å². The minimum Gasteiger partial charge on any atom is -0.338 e. The monoisotopic (exact) mass is 463 g/mol. The van der Waals surface area contributed by atoms with Gasteiger partial charge in [-0.2, -0.15) is 4.31 Å². The number of carbonyl (C=O) groups is 2. The van der Waals surface area contributed by atoms with Crippen LogP contribution in [0.25, 0.3) is 0 Å². The molecule has 2 amide bonds. The van der Waals surface area contributed by atoms with Crippen LogP contribution in [0.15, 0.2) is 4.90 Å². The number of carbonyl (C=O) groups excluding carboxylic acids is 2. The molecule has 0 radical (unpaired) electrons. The summed E-state index contributed by atoms with van der Waals surface area (Å²) in [6, 6.07) is -0.417. The van der Waals surface area contributed by atoms with Crippen molar-refractivity contribution in [2.75, 3.05) is 32.7 Å². The largest absolute Gasteiger partial charge is 0.338 e. The third kappa shape index (κ3) is 4.19. The second-order valence-electron chi connectivity index (χ2n) is 9.53. The fourth-order valence-corrected chi connectivity index (χ4v) is 6.94. The molecule has 2 saturated heterocycles. The van der Waals surface area contributed by atoms with Gasteiger partial charge in [0.05, 0.1) is 4.90 Å². The van der Waals surface area contributed by atoms with E-state index in [1.807, 2.05) is 48.5 Å². The molecule has 178 valence electrons. The molecule has 2 heterocycles. The van der Waals surface area contributed by atoms with E-state index in [4.69, 9.17) is 0 Å². The second kappa shape index (κ2) is 9.14. The fourth-order valence-electron chi connectivity index (χ4n) is 4.96. The smallest absolute Gasteiger partial charge is 0.245 e. The number of nitrogens with zero attached hydrogens (tertiary/aromatic N) is 3. The van der Waals surface area contributed by atoms with Crippen LogP contribution in [0.2, 0.25) is 0 Å². The van der Waals surface area contributed by atoms with Gasteiger partial charge >= 0.3 is 0 Å². The summed E-state index contributed by atoms with van der Waals surface area (Å²) in [5, 5.41) is 0. The number of rotatable bonds is 4. The Bertz CT molecular complexity index is 995. The minimum absolute atomic E-state index is 0.0122. The van der Waals surface area contributed by atoms with Crippen molar-refractivity contribution in [3.63, 3.8) is 0 Å². The van der Waals surface area contributed by atoms with Gasteiger partial charge in [0.25, 0.3) is 0 Å². The van der Waals surface area contributed by atoms with E-state index in [1.54, 1.807) is 9.80 Å². The normalized spacial score (nSPS) is 20.3. The molecule has 0 saturated carbocycles. The van der Waals surface area contributed by atoms with Crippen molar-refractivity contribution in [2.45, 2.75) is 72.2 Å². The van der Waals surface area contributed by atoms with Crippen molar-refractivity contribution < 1.29 is 18.0 Å². The maximum absolute atomic E-state index is 13.6. The van der Waals surface area contributed by atoms with Gasteiger partial charge in [-0.05, 0) is 75.3 Å². The maximum atomic E-state index is 13.6. The molecule has 2 aliphatic rings. The lowest BCUT2D eigenvalue weighted by Gasteiger charge is -2.37. The Kier molecular flexibility index (Phi) is 7.05. The Morgan fingerprint density at radius 1 is 0.812 bits per heavy atom. The van der Waals surface area contributed by atoms with Gasteiger partial charge in [0.2, 0.25) is 21.8 Å². The lowest BCUT2D eigenvalue weighted by molar-refractivity contribution is -0.146. The zero-order chi connectivity index (χ0) is 24.0. The molecule has 0 bridgehead atoms. The minimum atomic E-state index is -3.66. The first-order chi connectivity index (χ1) is 14.9. The van der Waals surface area contributed by atoms with Gasteiger partial charge in [0, 0.05) is 38.6 Å². The van der Waals surface area contributed by atoms with E-state index >= 15 is 0 Å². The number of hydrogen-bond donors (Lipinski definition) is 0. The van der Waals surface area contributed by atoms with E-state index in [2.05, 4.69) is 0 Å². The predicted octanol–water partition coefficient (Wildman–Crippen LogP) is 2.71. The van der Waals surface area contributed by atoms with Crippen LogP contribution in [0.5, 0.6) is 0 Å². The molecule has 32 heavy (non-hydrogen) atoms. The predicted molar refractivity (Wildman–Crippen MR) is 125 cm³/mol. The second-order valence-corrected chi connectivity index (χ2v) is 11.4. The van der Waals surface area contributed by atoms with E-state index < -0.39 is 16.1 Å². The number of amides is 2. The number of likely N-dealkylation sites (tertiary alicyclic amines) is 1. The van der Waals surface area contributed by atoms with Crippen molar-refractivity contribution in [1.29, 1.82) is 0 Å². The highest BCUT2D eigenvalue weighted by molar-refractivity contribution is 7.89. The van der Waals surface area contributed by atoms with Gasteiger partial charge in [-0.15, -0.1) is 0 Å². The molecule has 0 aromatic heterocycles. The van der Waals surface area contributed by atoms with Crippen LogP contribution in [0.1, 0.15) is 54.5 Å². The average Bonchev–Trinajstić information content (AvgIpc) is 3.25. The Morgan fingerprint density at radius 3 is 1.81 bits per heavy atom. The standard InChI is InChI=1S/C24H37N3O4S/c1-15(2)23(28)27-10-8-9-21(27)24(29)25-11-13-26(14-12-25)32(30,31)22-19(6)17(4)16(3)18(5)20(22)7/h15,21H,8-14H2,1-7H3. The molecule has 1 aromatic carbocycles. The molecule has 1 aromatic rings. The molecule has 3 rings (SSSR count). The Morgan fingerprint density at radius 2 is 1.31 bits per heavy atom. The summed E-state index contributed by atoms with van der Waals surface area (Å²) >= 11 is 0. The highest BCUT2D eigenvalue weighted by Crippen LogP contribution is 2.32. The lowest BCUT2D eigenvalue weighted by atomic mass is 9.95. The van der Waals surface area contributed by atoms with Gasteiger partial charge < -0.3 is 9.80 Å². The van der Waals surface area contributed by atoms with Crippen molar-refractivity contribution in [3.8, 4) is 0 Å². The first-order valence-corrected chi connectivity index (χ1v) is 13.0. The van der Waals surface area contributed by atoms with E-state index in [-0.39, 0.29) is 30.8 Å². The molecule has 0 aliphatic carbocycles. The SMILES string of the molecule is Cc1c(C)c(C)c(S(=O)(=O)N2CCN(C(=O)C3CCCN3C(=O)C(C)C)CC2)c(C)c1C. The molecule has 0 N–H and O–H groups in total. The van der Waals surface area contributed by atoms with Crippen molar-refractivity contribution in [1.82, 2.24) is 14.1 Å². The van der Waals surface area contributed by atoms with Gasteiger partial charge in [-0.3, -0.25) is 9.59 Å². The topological polar surface area (TPSA) is 78.0 Å². The van der Waals surface area contributed by atoms with E-state index in [0.29, 0.717) is 31.0 Å². The van der Waals surface area contributed by atoms with Crippen LogP contribution in [-0.2, 0) is 19.6 Å². The van der Waals surface area contributed by atoms with Crippen molar-refractivity contribution in [2.24, 2.45) is 5.92 Å². The number of hydrogen-bond acceptors (Lipinski definition) is 4. The lowest BCUT2D eigenvalue weighted by Crippen LogP contribution is -2.55. The molecule has 7 nitrogen and oxygen atoms in total. The Balaban J connectivity index is 1.76. The summed E-state index contributed by atoms with van der Waals surface area (Å²) in [5.74, 6) is -0.181. The fraction of sp³-hybridized carbons (Fsp3) is 0.667. The Labute approximate surface area is 192 Å². The molecular formula is C24H37N3O4S. The van der Waals surface area contributed by atoms with Gasteiger partial charge in [0.15, 0.2) is 0 Å². The maximum Gasteiger partial charge on any atom is 0.245 e. The molecule has 1 atom stereocenters.